The zero-order valence-electron chi connectivity index (χ0n) is 58.5. The zero-order chi connectivity index (χ0) is 67.6. The van der Waals surface area contributed by atoms with E-state index in [9.17, 15) is 0 Å². The van der Waals surface area contributed by atoms with Crippen molar-refractivity contribution < 1.29 is 4.74 Å². The number of ether oxygens (including phenoxy) is 1. The maximum Gasteiger partial charge on any atom is 0.256 e. The Morgan fingerprint density at radius 3 is 1.35 bits per heavy atom. The third-order valence-electron chi connectivity index (χ3n) is 22.1. The molecule has 5 aliphatic rings. The monoisotopic (exact) mass is 1280 g/mol. The van der Waals surface area contributed by atoms with E-state index in [1.807, 2.05) is 0 Å². The average molecular weight is 1280 g/mol. The van der Waals surface area contributed by atoms with E-state index in [0.717, 1.165) is 90.1 Å². The summed E-state index contributed by atoms with van der Waals surface area (Å²) in [5.41, 5.74) is 35.4. The second-order valence-corrected chi connectivity index (χ2v) is 31.6. The van der Waals surface area contributed by atoms with Crippen molar-refractivity contribution in [2.75, 3.05) is 14.7 Å². The predicted molar refractivity (Wildman–Crippen MR) is 422 cm³/mol. The number of para-hydroxylation sites is 4. The second-order valence-electron chi connectivity index (χ2n) is 31.6. The van der Waals surface area contributed by atoms with Gasteiger partial charge in [0.25, 0.3) is 13.4 Å². The van der Waals surface area contributed by atoms with Gasteiger partial charge in [-0.1, -0.05) is 276 Å². The first kappa shape index (κ1) is 60.6. The van der Waals surface area contributed by atoms with Crippen molar-refractivity contribution in [3.63, 3.8) is 0 Å². The van der Waals surface area contributed by atoms with Gasteiger partial charge in [-0.05, 0) is 200 Å². The van der Waals surface area contributed by atoms with Crippen molar-refractivity contribution in [3.8, 4) is 67.1 Å². The first-order valence-corrected chi connectivity index (χ1v) is 35.4. The first-order chi connectivity index (χ1) is 47.8. The Balaban J connectivity index is 1.00. The van der Waals surface area contributed by atoms with Gasteiger partial charge in [0.05, 0.1) is 5.69 Å². The van der Waals surface area contributed by atoms with Gasteiger partial charge < -0.3 is 19.4 Å². The summed E-state index contributed by atoms with van der Waals surface area (Å²) in [6, 6.07) is 106. The number of fused-ring (bicyclic) bond motifs is 11. The van der Waals surface area contributed by atoms with Gasteiger partial charge >= 0.3 is 0 Å². The summed E-state index contributed by atoms with van der Waals surface area (Å²) in [5, 5.41) is 0. The summed E-state index contributed by atoms with van der Waals surface area (Å²) in [6.07, 6.45) is 0. The Hall–Kier alpha value is -10.8. The molecule has 0 aromatic heterocycles. The fraction of sp³-hybridized carbons (Fsp3) is 0.161. The predicted octanol–water partition coefficient (Wildman–Crippen LogP) is 21.0. The molecular formula is C93H79B2N3O. The van der Waals surface area contributed by atoms with Gasteiger partial charge in [0.15, 0.2) is 0 Å². The molecule has 478 valence electrons. The summed E-state index contributed by atoms with van der Waals surface area (Å²) in [4.78, 5) is 7.88. The van der Waals surface area contributed by atoms with Crippen molar-refractivity contribution in [2.24, 2.45) is 0 Å². The molecule has 13 aromatic carbocycles. The van der Waals surface area contributed by atoms with Crippen molar-refractivity contribution >= 4 is 97.4 Å². The van der Waals surface area contributed by atoms with Crippen molar-refractivity contribution in [1.82, 2.24) is 0 Å². The van der Waals surface area contributed by atoms with Gasteiger partial charge in [0.1, 0.15) is 11.5 Å². The van der Waals surface area contributed by atoms with Gasteiger partial charge in [0, 0.05) is 62.0 Å². The lowest BCUT2D eigenvalue weighted by molar-refractivity contribution is 0.487. The molecular weight excluding hydrogens is 1200 g/mol. The van der Waals surface area contributed by atoms with Crippen molar-refractivity contribution in [2.45, 2.75) is 97.8 Å². The van der Waals surface area contributed by atoms with Crippen LogP contribution in [0.25, 0.3) is 55.6 Å². The van der Waals surface area contributed by atoms with Crippen LogP contribution in [0.15, 0.2) is 279 Å². The summed E-state index contributed by atoms with van der Waals surface area (Å²) >= 11 is 0. The number of hydrogen-bond donors (Lipinski definition) is 0. The number of nitrogens with zero attached hydrogens (tertiary/aromatic N) is 3. The lowest BCUT2D eigenvalue weighted by Crippen LogP contribution is -2.64. The Morgan fingerprint density at radius 2 is 0.747 bits per heavy atom. The van der Waals surface area contributed by atoms with E-state index in [-0.39, 0.29) is 35.1 Å². The van der Waals surface area contributed by atoms with Gasteiger partial charge in [-0.3, -0.25) is 0 Å². The number of rotatable bonds is 7. The summed E-state index contributed by atoms with van der Waals surface area (Å²) < 4.78 is 7.54. The van der Waals surface area contributed by atoms with Crippen LogP contribution in [0.1, 0.15) is 104 Å². The first-order valence-electron chi connectivity index (χ1n) is 35.4. The molecule has 18 rings (SSSR count). The Bertz CT molecular complexity index is 5370. The van der Waals surface area contributed by atoms with Gasteiger partial charge in [0.2, 0.25) is 0 Å². The lowest BCUT2D eigenvalue weighted by Gasteiger charge is -2.47. The maximum absolute atomic E-state index is 7.54. The summed E-state index contributed by atoms with van der Waals surface area (Å²) in [6.45, 7) is 25.6. The minimum atomic E-state index is -0.260. The molecule has 0 saturated carbocycles. The third-order valence-corrected chi connectivity index (χ3v) is 22.1. The van der Waals surface area contributed by atoms with Crippen LogP contribution in [0.4, 0.5) is 51.2 Å². The fourth-order valence-corrected chi connectivity index (χ4v) is 17.1. The molecule has 0 bridgehead atoms. The molecule has 0 N–H and O–H groups in total. The third kappa shape index (κ3) is 9.49. The standard InChI is InChI=1S/C93H79B2N3O/c1-90(2,3)63-47-60(48-64(53-63)91(4,5)6)61-49-83-88-85(52-61)99-84-46-29-27-44-75(84)95(88)77-56-76-79(57-80(77)98(83)89-71(58-31-16-12-17-32-58)54-65(92(7,8)9)55-72(89)59-33-18-13-19-34-59)97(67-37-22-15-23-38-67)82-51-62(68-40-30-41-70-69-39-24-25-42-73(69)93(10,11)86(68)70)50-81-87(82)94(76)74-43-26-28-45-78(74)96(81)66-35-20-14-21-36-66/h12-57H,1-11H3. The van der Waals surface area contributed by atoms with E-state index in [0.29, 0.717) is 0 Å². The normalized spacial score (nSPS) is 14.3. The average Bonchev–Trinajstić information content (AvgIpc) is 1.10. The minimum absolute atomic E-state index is 0.111. The summed E-state index contributed by atoms with van der Waals surface area (Å²) in [5.74, 6) is 1.75. The topological polar surface area (TPSA) is 19.0 Å². The molecule has 13 aromatic rings. The van der Waals surface area contributed by atoms with Crippen LogP contribution < -0.4 is 52.2 Å². The molecule has 0 radical (unpaired) electrons. The molecule has 0 spiro atoms. The van der Waals surface area contributed by atoms with Crippen LogP contribution in [0.5, 0.6) is 11.5 Å². The van der Waals surface area contributed by atoms with E-state index >= 15 is 0 Å². The van der Waals surface area contributed by atoms with Gasteiger partial charge in [-0.25, -0.2) is 0 Å². The number of hydrogen-bond acceptors (Lipinski definition) is 4. The lowest BCUT2D eigenvalue weighted by atomic mass is 9.30. The summed E-state index contributed by atoms with van der Waals surface area (Å²) in [7, 11) is 0. The van der Waals surface area contributed by atoms with E-state index < -0.39 is 0 Å². The second kappa shape index (κ2) is 22.1. The molecule has 4 aliphatic heterocycles. The van der Waals surface area contributed by atoms with Crippen molar-refractivity contribution in [3.05, 3.63) is 307 Å². The molecule has 0 amide bonds. The number of benzene rings is 13. The molecule has 1 aliphatic carbocycles. The van der Waals surface area contributed by atoms with Crippen LogP contribution in [0.3, 0.4) is 0 Å². The Morgan fingerprint density at radius 1 is 0.293 bits per heavy atom. The molecule has 99 heavy (non-hydrogen) atoms. The van der Waals surface area contributed by atoms with Crippen molar-refractivity contribution in [1.29, 1.82) is 0 Å². The maximum atomic E-state index is 7.54. The van der Waals surface area contributed by atoms with Crippen LogP contribution in [0.2, 0.25) is 0 Å². The van der Waals surface area contributed by atoms with Crippen LogP contribution in [0, 0.1) is 0 Å². The highest BCUT2D eigenvalue weighted by molar-refractivity contribution is 7.02. The Labute approximate surface area is 585 Å². The highest BCUT2D eigenvalue weighted by atomic mass is 16.5. The zero-order valence-corrected chi connectivity index (χ0v) is 58.5. The molecule has 4 nitrogen and oxygen atoms in total. The number of anilines is 9. The molecule has 4 heterocycles. The highest BCUT2D eigenvalue weighted by Crippen LogP contribution is 2.57. The molecule has 0 atom stereocenters. The van der Waals surface area contributed by atoms with Crippen LogP contribution in [-0.2, 0) is 21.7 Å². The Kier molecular flexibility index (Phi) is 13.5. The molecule has 6 heteroatoms. The van der Waals surface area contributed by atoms with Crippen LogP contribution in [-0.4, -0.2) is 13.4 Å². The van der Waals surface area contributed by atoms with E-state index in [1.54, 1.807) is 0 Å². The minimum Gasteiger partial charge on any atom is -0.458 e. The quantitative estimate of drug-likeness (QED) is 0.148. The van der Waals surface area contributed by atoms with Gasteiger partial charge in [-0.15, -0.1) is 0 Å². The molecule has 0 fully saturated rings. The smallest absolute Gasteiger partial charge is 0.256 e. The molecule has 0 saturated heterocycles. The SMILES string of the molecule is CC(C)(C)c1cc(-c2cc3c4c(c2)N(c2c(-c5ccccc5)cc(C(C)(C)C)cc2-c2ccccc2)c2cc5c(cc2B4c2ccccc2O3)B2c3ccccc3N(c3ccccc3)c3cc(-c4cccc6c4C(C)(C)c4ccccc4-6)cc(c32)N5c2ccccc2)cc(C(C)(C)C)c1. The van der Waals surface area contributed by atoms with E-state index in [1.165, 1.54) is 88.9 Å². The molecule has 0 unspecified atom stereocenters. The van der Waals surface area contributed by atoms with E-state index in [2.05, 4.69) is 370 Å². The largest absolute Gasteiger partial charge is 0.458 e. The van der Waals surface area contributed by atoms with Crippen LogP contribution >= 0.6 is 0 Å². The highest BCUT2D eigenvalue weighted by Gasteiger charge is 2.49. The van der Waals surface area contributed by atoms with E-state index in [4.69, 9.17) is 4.74 Å². The fourth-order valence-electron chi connectivity index (χ4n) is 17.1. The van der Waals surface area contributed by atoms with Gasteiger partial charge in [-0.2, -0.15) is 0 Å².